The van der Waals surface area contributed by atoms with Gasteiger partial charge in [-0.1, -0.05) is 0 Å². The zero-order valence-corrected chi connectivity index (χ0v) is 13.8. The second kappa shape index (κ2) is 5.62. The highest BCUT2D eigenvalue weighted by Crippen LogP contribution is 2.38. The second-order valence-corrected chi connectivity index (χ2v) is 6.94. The topological polar surface area (TPSA) is 70.7 Å². The number of nitrogens with one attached hydrogen (secondary N) is 1. The normalized spacial score (nSPS) is 13.0. The fourth-order valence-electron chi connectivity index (χ4n) is 2.50. The number of fused-ring (bicyclic) bond motifs is 1. The number of thiophene rings is 1. The lowest BCUT2D eigenvalue weighted by molar-refractivity contribution is -0.116. The van der Waals surface area contributed by atoms with E-state index in [1.165, 1.54) is 16.2 Å². The quantitative estimate of drug-likeness (QED) is 0.909. The van der Waals surface area contributed by atoms with Gasteiger partial charge < -0.3 is 5.32 Å². The predicted octanol–water partition coefficient (Wildman–Crippen LogP) is 3.01. The monoisotopic (exact) mass is 364 g/mol. The van der Waals surface area contributed by atoms with Gasteiger partial charge in [-0.05, 0) is 47.7 Å². The van der Waals surface area contributed by atoms with E-state index in [2.05, 4.69) is 32.4 Å². The average molecular weight is 365 g/mol. The molecule has 0 radical (unpaired) electrons. The molecule has 1 N–H and O–H groups in total. The van der Waals surface area contributed by atoms with Crippen LogP contribution in [0.15, 0.2) is 10.7 Å². The van der Waals surface area contributed by atoms with Gasteiger partial charge in [-0.15, -0.1) is 11.3 Å². The van der Waals surface area contributed by atoms with Crippen LogP contribution in [0.5, 0.6) is 0 Å². The fourth-order valence-corrected chi connectivity index (χ4v) is 4.07. The van der Waals surface area contributed by atoms with E-state index < -0.39 is 0 Å². The highest BCUT2D eigenvalue weighted by atomic mass is 79.9. The van der Waals surface area contributed by atoms with Gasteiger partial charge in [-0.3, -0.25) is 9.48 Å². The summed E-state index contributed by atoms with van der Waals surface area (Å²) in [4.78, 5) is 13.3. The van der Waals surface area contributed by atoms with Crippen LogP contribution >= 0.6 is 27.3 Å². The molecule has 0 saturated carbocycles. The number of carbonyl (C=O) groups is 1. The Labute approximate surface area is 134 Å². The predicted molar refractivity (Wildman–Crippen MR) is 84.4 cm³/mol. The zero-order valence-electron chi connectivity index (χ0n) is 11.4. The molecule has 1 aliphatic carbocycles. The number of aryl methyl sites for hydroxylation is 2. The summed E-state index contributed by atoms with van der Waals surface area (Å²) in [5.74, 6) is -0.165. The van der Waals surface area contributed by atoms with Crippen molar-refractivity contribution in [2.75, 3.05) is 5.32 Å². The van der Waals surface area contributed by atoms with Gasteiger partial charge in [0.1, 0.15) is 17.6 Å². The van der Waals surface area contributed by atoms with Crippen molar-refractivity contribution in [3.63, 3.8) is 0 Å². The summed E-state index contributed by atoms with van der Waals surface area (Å²) in [5.41, 5.74) is 2.60. The van der Waals surface area contributed by atoms with Gasteiger partial charge in [0.25, 0.3) is 0 Å². The molecule has 0 unspecified atom stereocenters. The number of hydrogen-bond donors (Lipinski definition) is 1. The number of rotatable bonds is 3. The van der Waals surface area contributed by atoms with Crippen LogP contribution in [0.4, 0.5) is 5.00 Å². The van der Waals surface area contributed by atoms with Crippen molar-refractivity contribution in [2.45, 2.75) is 32.7 Å². The third-order valence-electron chi connectivity index (χ3n) is 3.48. The maximum absolute atomic E-state index is 12.1. The molecule has 5 nitrogen and oxygen atoms in total. The Morgan fingerprint density at radius 1 is 1.62 bits per heavy atom. The van der Waals surface area contributed by atoms with E-state index >= 15 is 0 Å². The SMILES string of the molecule is Cc1nn(CC(=O)Nc2sc3c(c2C#N)CCC3)cc1Br. The Morgan fingerprint density at radius 3 is 3.10 bits per heavy atom. The van der Waals surface area contributed by atoms with Crippen LogP contribution in [0.2, 0.25) is 0 Å². The number of carbonyl (C=O) groups excluding carboxylic acids is 1. The number of anilines is 1. The number of nitrogens with zero attached hydrogens (tertiary/aromatic N) is 3. The van der Waals surface area contributed by atoms with E-state index in [9.17, 15) is 10.1 Å². The highest BCUT2D eigenvalue weighted by molar-refractivity contribution is 9.10. The van der Waals surface area contributed by atoms with E-state index in [1.807, 2.05) is 6.92 Å². The maximum atomic E-state index is 12.1. The van der Waals surface area contributed by atoms with Gasteiger partial charge in [0, 0.05) is 11.1 Å². The third kappa shape index (κ3) is 2.74. The van der Waals surface area contributed by atoms with Crippen LogP contribution < -0.4 is 5.32 Å². The number of nitriles is 1. The second-order valence-electron chi connectivity index (χ2n) is 4.98. The fraction of sp³-hybridized carbons (Fsp3) is 0.357. The average Bonchev–Trinajstić information content (AvgIpc) is 3.05. The van der Waals surface area contributed by atoms with E-state index in [-0.39, 0.29) is 12.5 Å². The Morgan fingerprint density at radius 2 is 2.43 bits per heavy atom. The molecular weight excluding hydrogens is 352 g/mol. The van der Waals surface area contributed by atoms with Crippen LogP contribution in [-0.4, -0.2) is 15.7 Å². The summed E-state index contributed by atoms with van der Waals surface area (Å²) in [6.07, 6.45) is 4.82. The summed E-state index contributed by atoms with van der Waals surface area (Å²) in [6, 6.07) is 2.22. The number of aromatic nitrogens is 2. The van der Waals surface area contributed by atoms with Crippen LogP contribution in [-0.2, 0) is 24.2 Å². The molecule has 1 amide bonds. The first-order chi connectivity index (χ1) is 10.1. The zero-order chi connectivity index (χ0) is 15.0. The first kappa shape index (κ1) is 14.3. The molecule has 0 aromatic carbocycles. The van der Waals surface area contributed by atoms with E-state index in [4.69, 9.17) is 0 Å². The Balaban J connectivity index is 1.75. The number of hydrogen-bond acceptors (Lipinski definition) is 4. The molecular formula is C14H13BrN4OS. The number of halogens is 1. The first-order valence-electron chi connectivity index (χ1n) is 6.62. The van der Waals surface area contributed by atoms with Crippen molar-refractivity contribution in [3.8, 4) is 6.07 Å². The summed E-state index contributed by atoms with van der Waals surface area (Å²) in [6.45, 7) is 2.01. The van der Waals surface area contributed by atoms with Gasteiger partial charge in [0.15, 0.2) is 0 Å². The summed E-state index contributed by atoms with van der Waals surface area (Å²) in [7, 11) is 0. The van der Waals surface area contributed by atoms with Gasteiger partial charge >= 0.3 is 0 Å². The molecule has 7 heteroatoms. The van der Waals surface area contributed by atoms with Gasteiger partial charge in [-0.2, -0.15) is 10.4 Å². The lowest BCUT2D eigenvalue weighted by Gasteiger charge is -2.04. The third-order valence-corrected chi connectivity index (χ3v) is 5.46. The highest BCUT2D eigenvalue weighted by Gasteiger charge is 2.23. The molecule has 21 heavy (non-hydrogen) atoms. The lowest BCUT2D eigenvalue weighted by Crippen LogP contribution is -2.19. The van der Waals surface area contributed by atoms with Crippen molar-refractivity contribution < 1.29 is 4.79 Å². The molecule has 0 saturated heterocycles. The van der Waals surface area contributed by atoms with Crippen LogP contribution in [0, 0.1) is 18.3 Å². The molecule has 2 heterocycles. The standard InChI is InChI=1S/C14H13BrN4OS/c1-8-11(15)6-19(18-8)7-13(20)17-14-10(5-16)9-3-2-4-12(9)21-14/h6H,2-4,7H2,1H3,(H,17,20). The van der Waals surface area contributed by atoms with Gasteiger partial charge in [0.05, 0.1) is 15.7 Å². The van der Waals surface area contributed by atoms with E-state index in [0.717, 1.165) is 35.0 Å². The molecule has 0 fully saturated rings. The summed E-state index contributed by atoms with van der Waals surface area (Å²) < 4.78 is 2.46. The van der Waals surface area contributed by atoms with Crippen LogP contribution in [0.25, 0.3) is 0 Å². The molecule has 2 aromatic heterocycles. The maximum Gasteiger partial charge on any atom is 0.246 e. The molecule has 108 valence electrons. The minimum atomic E-state index is -0.165. The van der Waals surface area contributed by atoms with Crippen molar-refractivity contribution in [1.29, 1.82) is 5.26 Å². The molecule has 1 aliphatic rings. The van der Waals surface area contributed by atoms with Crippen LogP contribution in [0.3, 0.4) is 0 Å². The van der Waals surface area contributed by atoms with Crippen LogP contribution in [0.1, 0.15) is 28.1 Å². The van der Waals surface area contributed by atoms with Gasteiger partial charge in [0.2, 0.25) is 5.91 Å². The molecule has 0 spiro atoms. The molecule has 0 atom stereocenters. The van der Waals surface area contributed by atoms with Crippen molar-refractivity contribution in [3.05, 3.63) is 32.4 Å². The molecule has 0 bridgehead atoms. The van der Waals surface area contributed by atoms with Gasteiger partial charge in [-0.25, -0.2) is 0 Å². The largest absolute Gasteiger partial charge is 0.315 e. The Hall–Kier alpha value is -1.65. The number of amides is 1. The lowest BCUT2D eigenvalue weighted by atomic mass is 10.1. The molecule has 3 rings (SSSR count). The Kier molecular flexibility index (Phi) is 3.83. The minimum Gasteiger partial charge on any atom is -0.315 e. The summed E-state index contributed by atoms with van der Waals surface area (Å²) in [5, 5.41) is 17.1. The van der Waals surface area contributed by atoms with Crippen molar-refractivity contribution in [1.82, 2.24) is 9.78 Å². The first-order valence-corrected chi connectivity index (χ1v) is 8.23. The Bertz CT molecular complexity index is 736. The summed E-state index contributed by atoms with van der Waals surface area (Å²) >= 11 is 4.90. The smallest absolute Gasteiger partial charge is 0.246 e. The molecule has 0 aliphatic heterocycles. The minimum absolute atomic E-state index is 0.139. The van der Waals surface area contributed by atoms with E-state index in [0.29, 0.717) is 10.6 Å². The molecule has 2 aromatic rings. The van der Waals surface area contributed by atoms with E-state index in [1.54, 1.807) is 10.9 Å². The van der Waals surface area contributed by atoms with Crippen molar-refractivity contribution >= 4 is 38.2 Å². The van der Waals surface area contributed by atoms with Crippen molar-refractivity contribution in [2.24, 2.45) is 0 Å².